The molecule has 6 aromatic rings. The summed E-state index contributed by atoms with van der Waals surface area (Å²) in [6.07, 6.45) is 10.5. The molecule has 0 bridgehead atoms. The Morgan fingerprint density at radius 1 is 0.935 bits per heavy atom. The standard InChI is InChI=1S/C29H26S.C13H15ClN2/c1-5-11-21(18(3)6-2)26-19(4)29-28(24-15-10-9-14-23(24)26)27-22-13-8-7-12-20(22)16-17-25(27)30-29;1-4-5-6-10-8(2)7-11-12(10)15-9(3)13(14)16-11/h6-17H,5H2,1-4H3;4H,1,5-7H2,2-3H3/b18-6-,21-11+;. The van der Waals surface area contributed by atoms with E-state index in [9.17, 15) is 0 Å². The maximum Gasteiger partial charge on any atom is 0.150 e. The van der Waals surface area contributed by atoms with Crippen molar-refractivity contribution in [3.8, 4) is 0 Å². The van der Waals surface area contributed by atoms with E-state index in [1.165, 1.54) is 75.1 Å². The topological polar surface area (TPSA) is 25.8 Å². The Bertz CT molecular complexity index is 2250. The molecule has 2 nitrogen and oxygen atoms in total. The summed E-state index contributed by atoms with van der Waals surface area (Å²) in [6, 6.07) is 22.3. The van der Waals surface area contributed by atoms with E-state index < -0.39 is 0 Å². The van der Waals surface area contributed by atoms with Crippen molar-refractivity contribution in [3.63, 3.8) is 0 Å². The Morgan fingerprint density at radius 2 is 1.65 bits per heavy atom. The van der Waals surface area contributed by atoms with Gasteiger partial charge in [-0.15, -0.1) is 17.9 Å². The lowest BCUT2D eigenvalue weighted by Gasteiger charge is -2.17. The van der Waals surface area contributed by atoms with Crippen molar-refractivity contribution in [2.45, 2.75) is 67.2 Å². The van der Waals surface area contributed by atoms with Gasteiger partial charge < -0.3 is 0 Å². The van der Waals surface area contributed by atoms with Crippen molar-refractivity contribution in [1.82, 2.24) is 9.97 Å². The molecule has 0 fully saturated rings. The van der Waals surface area contributed by atoms with E-state index >= 15 is 0 Å². The summed E-state index contributed by atoms with van der Waals surface area (Å²) < 4.78 is 2.79. The first kappa shape index (κ1) is 31.9. The van der Waals surface area contributed by atoms with E-state index in [1.54, 1.807) is 0 Å². The number of nitrogens with zero attached hydrogens (tertiary/aromatic N) is 2. The molecule has 0 amide bonds. The summed E-state index contributed by atoms with van der Waals surface area (Å²) in [5.41, 5.74) is 11.1. The van der Waals surface area contributed by atoms with Gasteiger partial charge in [-0.1, -0.05) is 96.9 Å². The third-order valence-electron chi connectivity index (χ3n) is 9.21. The highest BCUT2D eigenvalue weighted by atomic mass is 35.5. The largest absolute Gasteiger partial charge is 0.248 e. The van der Waals surface area contributed by atoms with Crippen LogP contribution in [0.1, 0.15) is 75.2 Å². The van der Waals surface area contributed by atoms with Gasteiger partial charge in [0.2, 0.25) is 0 Å². The normalized spacial score (nSPS) is 13.5. The van der Waals surface area contributed by atoms with Crippen LogP contribution in [0, 0.1) is 13.8 Å². The molecule has 46 heavy (non-hydrogen) atoms. The monoisotopic (exact) mass is 640 g/mol. The number of hydrogen-bond donors (Lipinski definition) is 0. The van der Waals surface area contributed by atoms with Gasteiger partial charge in [0.1, 0.15) is 0 Å². The molecule has 0 aliphatic heterocycles. The molecule has 0 radical (unpaired) electrons. The van der Waals surface area contributed by atoms with Crippen molar-refractivity contribution < 1.29 is 0 Å². The van der Waals surface area contributed by atoms with Crippen LogP contribution in [0.25, 0.3) is 52.9 Å². The second kappa shape index (κ2) is 13.4. The van der Waals surface area contributed by atoms with E-state index in [1.807, 2.05) is 24.3 Å². The number of aromatic nitrogens is 2. The van der Waals surface area contributed by atoms with Gasteiger partial charge in [-0.05, 0) is 109 Å². The molecule has 4 heteroatoms. The number of aryl methyl sites for hydroxylation is 2. The van der Waals surface area contributed by atoms with Gasteiger partial charge in [0.05, 0.1) is 17.1 Å². The average molecular weight is 641 g/mol. The Balaban J connectivity index is 0.000000196. The fourth-order valence-electron chi connectivity index (χ4n) is 6.83. The van der Waals surface area contributed by atoms with Gasteiger partial charge >= 0.3 is 0 Å². The van der Waals surface area contributed by atoms with E-state index in [0.717, 1.165) is 42.8 Å². The van der Waals surface area contributed by atoms with Crippen LogP contribution in [0.2, 0.25) is 5.15 Å². The molecule has 1 aliphatic rings. The van der Waals surface area contributed by atoms with E-state index in [-0.39, 0.29) is 0 Å². The van der Waals surface area contributed by atoms with Gasteiger partial charge in [-0.3, -0.25) is 0 Å². The lowest BCUT2D eigenvalue weighted by Crippen LogP contribution is -1.98. The van der Waals surface area contributed by atoms with Crippen LogP contribution in [-0.2, 0) is 6.42 Å². The van der Waals surface area contributed by atoms with E-state index in [2.05, 4.69) is 124 Å². The van der Waals surface area contributed by atoms with E-state index in [0.29, 0.717) is 5.15 Å². The average Bonchev–Trinajstić information content (AvgIpc) is 3.61. The number of fused-ring (bicyclic) bond motifs is 8. The molecule has 0 saturated carbocycles. The SMILES string of the molecule is C/C=C(C)\C(=C/CC)c1c(C)c2sc3ccc4ccccc4c3c2c2ccccc12.C=CCCC1=C(C)Cc2nc(Cl)c(C)nc21. The zero-order valence-electron chi connectivity index (χ0n) is 27.7. The van der Waals surface area contributed by atoms with Crippen LogP contribution in [-0.4, -0.2) is 9.97 Å². The first-order valence-electron chi connectivity index (χ1n) is 16.2. The first-order chi connectivity index (χ1) is 22.3. The van der Waals surface area contributed by atoms with Crippen LogP contribution in [0.3, 0.4) is 0 Å². The van der Waals surface area contributed by atoms with Crippen LogP contribution < -0.4 is 0 Å². The summed E-state index contributed by atoms with van der Waals surface area (Å²) >= 11 is 7.92. The fourth-order valence-corrected chi connectivity index (χ4v) is 8.21. The number of rotatable bonds is 6. The Labute approximate surface area is 281 Å². The summed E-state index contributed by atoms with van der Waals surface area (Å²) in [7, 11) is 0. The molecule has 232 valence electrons. The van der Waals surface area contributed by atoms with Gasteiger partial charge in [0.25, 0.3) is 0 Å². The maximum absolute atomic E-state index is 5.98. The van der Waals surface area contributed by atoms with Crippen molar-refractivity contribution >= 4 is 75.8 Å². The van der Waals surface area contributed by atoms with Gasteiger partial charge in [0.15, 0.2) is 5.15 Å². The van der Waals surface area contributed by atoms with Crippen LogP contribution >= 0.6 is 22.9 Å². The van der Waals surface area contributed by atoms with Crippen LogP contribution in [0.5, 0.6) is 0 Å². The van der Waals surface area contributed by atoms with Gasteiger partial charge in [0, 0.05) is 26.6 Å². The number of halogens is 1. The maximum atomic E-state index is 5.98. The smallest absolute Gasteiger partial charge is 0.150 e. The Kier molecular flexibility index (Phi) is 9.27. The molecule has 0 N–H and O–H groups in total. The lowest BCUT2D eigenvalue weighted by molar-refractivity contribution is 1.00. The predicted molar refractivity (Wildman–Crippen MR) is 204 cm³/mol. The van der Waals surface area contributed by atoms with Crippen molar-refractivity contribution in [1.29, 1.82) is 0 Å². The van der Waals surface area contributed by atoms with Crippen LogP contribution in [0.15, 0.2) is 96.6 Å². The van der Waals surface area contributed by atoms with Crippen molar-refractivity contribution in [2.75, 3.05) is 0 Å². The predicted octanol–water partition coefficient (Wildman–Crippen LogP) is 13.2. The molecule has 7 rings (SSSR count). The van der Waals surface area contributed by atoms with Crippen molar-refractivity contribution in [2.24, 2.45) is 0 Å². The highest BCUT2D eigenvalue weighted by Crippen LogP contribution is 2.47. The third-order valence-corrected chi connectivity index (χ3v) is 10.8. The summed E-state index contributed by atoms with van der Waals surface area (Å²) in [5, 5.41) is 8.73. The minimum atomic E-state index is 0.525. The van der Waals surface area contributed by atoms with Crippen molar-refractivity contribution in [3.05, 3.63) is 130 Å². The van der Waals surface area contributed by atoms with Gasteiger partial charge in [-0.2, -0.15) is 0 Å². The molecule has 0 spiro atoms. The Hall–Kier alpha value is -4.05. The van der Waals surface area contributed by atoms with Gasteiger partial charge in [-0.25, -0.2) is 9.97 Å². The highest BCUT2D eigenvalue weighted by molar-refractivity contribution is 7.26. The molecular weight excluding hydrogens is 600 g/mol. The fraction of sp³-hybridized carbons (Fsp3) is 0.238. The molecule has 0 unspecified atom stereocenters. The summed E-state index contributed by atoms with van der Waals surface area (Å²) in [6.45, 7) is 16.7. The lowest BCUT2D eigenvalue weighted by atomic mass is 9.87. The summed E-state index contributed by atoms with van der Waals surface area (Å²) in [5.74, 6) is 0. The first-order valence-corrected chi connectivity index (χ1v) is 17.4. The quantitative estimate of drug-likeness (QED) is 0.134. The number of benzene rings is 4. The highest BCUT2D eigenvalue weighted by Gasteiger charge is 2.23. The number of allylic oxidation sites excluding steroid dienone is 7. The second-order valence-electron chi connectivity index (χ2n) is 12.2. The third kappa shape index (κ3) is 5.61. The molecule has 1 aliphatic carbocycles. The zero-order valence-corrected chi connectivity index (χ0v) is 29.3. The number of hydrogen-bond acceptors (Lipinski definition) is 3. The van der Waals surface area contributed by atoms with Crippen LogP contribution in [0.4, 0.5) is 0 Å². The number of thiophene rings is 1. The minimum absolute atomic E-state index is 0.525. The van der Waals surface area contributed by atoms with E-state index in [4.69, 9.17) is 11.6 Å². The molecule has 2 aromatic heterocycles. The molecular formula is C42H41ClN2S. The Morgan fingerprint density at radius 3 is 2.37 bits per heavy atom. The minimum Gasteiger partial charge on any atom is -0.248 e. The molecule has 0 atom stereocenters. The zero-order chi connectivity index (χ0) is 32.5. The molecule has 2 heterocycles. The molecule has 0 saturated heterocycles. The molecule has 4 aromatic carbocycles. The summed E-state index contributed by atoms with van der Waals surface area (Å²) in [4.78, 5) is 8.95. The second-order valence-corrected chi connectivity index (χ2v) is 13.6.